The Hall–Kier alpha value is -0.780. The van der Waals surface area contributed by atoms with Gasteiger partial charge in [-0.3, -0.25) is 0 Å². The highest BCUT2D eigenvalue weighted by molar-refractivity contribution is 5.75. The zero-order valence-electron chi connectivity index (χ0n) is 9.31. The molecule has 0 spiro atoms. The number of rotatable bonds is 3. The molecular formula is C10H17F3O3. The summed E-state index contributed by atoms with van der Waals surface area (Å²) in [7, 11) is 0. The molecule has 0 radical (unpaired) electrons. The predicted octanol–water partition coefficient (Wildman–Crippen LogP) is 2.69. The lowest BCUT2D eigenvalue weighted by Crippen LogP contribution is -2.25. The molecule has 1 heterocycles. The Kier molecular flexibility index (Phi) is 7.97. The van der Waals surface area contributed by atoms with Crippen molar-refractivity contribution in [3.63, 3.8) is 0 Å². The van der Waals surface area contributed by atoms with Gasteiger partial charge in [-0.05, 0) is 19.3 Å². The second kappa shape index (κ2) is 8.38. The fourth-order valence-electron chi connectivity index (χ4n) is 0.901. The molecular weight excluding hydrogens is 225 g/mol. The molecule has 0 aliphatic carbocycles. The minimum Gasteiger partial charge on any atom is -0.459 e. The fraction of sp³-hybridized carbons (Fsp3) is 0.900. The number of carbonyl (C=O) groups excluding carboxylic acids is 1. The highest BCUT2D eigenvalue weighted by atomic mass is 19.4. The van der Waals surface area contributed by atoms with Gasteiger partial charge in [-0.15, -0.1) is 0 Å². The van der Waals surface area contributed by atoms with Gasteiger partial charge in [0.1, 0.15) is 0 Å². The number of halogens is 3. The summed E-state index contributed by atoms with van der Waals surface area (Å²) in [5.41, 5.74) is 0. The molecule has 0 N–H and O–H groups in total. The van der Waals surface area contributed by atoms with Crippen molar-refractivity contribution in [1.29, 1.82) is 0 Å². The van der Waals surface area contributed by atoms with E-state index in [4.69, 9.17) is 4.74 Å². The van der Waals surface area contributed by atoms with Crippen LogP contribution in [0.2, 0.25) is 0 Å². The number of unbranched alkanes of at least 4 members (excludes halogenated alkanes) is 1. The highest BCUT2D eigenvalue weighted by Crippen LogP contribution is 2.16. The Morgan fingerprint density at radius 2 is 1.88 bits per heavy atom. The van der Waals surface area contributed by atoms with Crippen molar-refractivity contribution in [2.75, 3.05) is 19.8 Å². The number of alkyl halides is 3. The first-order valence-electron chi connectivity index (χ1n) is 5.30. The van der Waals surface area contributed by atoms with E-state index >= 15 is 0 Å². The molecule has 16 heavy (non-hydrogen) atoms. The largest absolute Gasteiger partial charge is 0.490 e. The van der Waals surface area contributed by atoms with Crippen LogP contribution in [0.5, 0.6) is 0 Å². The summed E-state index contributed by atoms with van der Waals surface area (Å²) < 4.78 is 43.0. The molecule has 1 fully saturated rings. The second-order valence-electron chi connectivity index (χ2n) is 3.31. The van der Waals surface area contributed by atoms with Crippen LogP contribution in [0.4, 0.5) is 13.2 Å². The summed E-state index contributed by atoms with van der Waals surface area (Å²) in [5, 5.41) is 0. The van der Waals surface area contributed by atoms with Crippen LogP contribution in [-0.2, 0) is 14.3 Å². The average Bonchev–Trinajstić information content (AvgIpc) is 2.74. The van der Waals surface area contributed by atoms with E-state index in [1.807, 2.05) is 0 Å². The maximum Gasteiger partial charge on any atom is 0.490 e. The standard InChI is InChI=1S/C6H9F3O2.C4H8O/c1-2-3-4-11-5(10)6(7,8)9;1-2-4-5-3-1/h2-4H2,1H3;1-4H2. The Bertz CT molecular complexity index is 181. The van der Waals surface area contributed by atoms with E-state index < -0.39 is 12.1 Å². The number of esters is 1. The van der Waals surface area contributed by atoms with Crippen LogP contribution in [-0.4, -0.2) is 32.0 Å². The highest BCUT2D eigenvalue weighted by Gasteiger charge is 2.40. The molecule has 0 amide bonds. The van der Waals surface area contributed by atoms with Crippen molar-refractivity contribution in [1.82, 2.24) is 0 Å². The number of hydrogen-bond donors (Lipinski definition) is 0. The molecule has 0 saturated carbocycles. The quantitative estimate of drug-likeness (QED) is 0.564. The molecule has 6 heteroatoms. The van der Waals surface area contributed by atoms with Crippen molar-refractivity contribution in [2.24, 2.45) is 0 Å². The van der Waals surface area contributed by atoms with Crippen molar-refractivity contribution in [3.05, 3.63) is 0 Å². The molecule has 1 saturated heterocycles. The molecule has 1 aliphatic rings. The molecule has 0 atom stereocenters. The van der Waals surface area contributed by atoms with Gasteiger partial charge in [0, 0.05) is 13.2 Å². The zero-order chi connectivity index (χ0) is 12.4. The first kappa shape index (κ1) is 15.2. The van der Waals surface area contributed by atoms with Crippen molar-refractivity contribution >= 4 is 5.97 Å². The molecule has 0 aromatic carbocycles. The van der Waals surface area contributed by atoms with Crippen LogP contribution in [0.25, 0.3) is 0 Å². The van der Waals surface area contributed by atoms with Crippen LogP contribution in [0.3, 0.4) is 0 Å². The maximum atomic E-state index is 11.4. The van der Waals surface area contributed by atoms with Crippen molar-refractivity contribution in [2.45, 2.75) is 38.8 Å². The SMILES string of the molecule is C1CCOC1.CCCCOC(=O)C(F)(F)F. The molecule has 0 bridgehead atoms. The van der Waals surface area contributed by atoms with Crippen molar-refractivity contribution < 1.29 is 27.4 Å². The molecule has 0 unspecified atom stereocenters. The van der Waals surface area contributed by atoms with Crippen LogP contribution in [0, 0.1) is 0 Å². The summed E-state index contributed by atoms with van der Waals surface area (Å²) in [6.45, 7) is 3.64. The van der Waals surface area contributed by atoms with Gasteiger partial charge in [0.25, 0.3) is 0 Å². The minimum absolute atomic E-state index is 0.158. The van der Waals surface area contributed by atoms with Gasteiger partial charge in [0.05, 0.1) is 6.61 Å². The van der Waals surface area contributed by atoms with E-state index in [0.29, 0.717) is 12.8 Å². The lowest BCUT2D eigenvalue weighted by molar-refractivity contribution is -0.199. The van der Waals surface area contributed by atoms with Gasteiger partial charge in [-0.2, -0.15) is 13.2 Å². The second-order valence-corrected chi connectivity index (χ2v) is 3.31. The topological polar surface area (TPSA) is 35.5 Å². The van der Waals surface area contributed by atoms with Gasteiger partial charge < -0.3 is 9.47 Å². The monoisotopic (exact) mass is 242 g/mol. The summed E-state index contributed by atoms with van der Waals surface area (Å²) in [6.07, 6.45) is -1.14. The fourth-order valence-corrected chi connectivity index (χ4v) is 0.901. The molecule has 1 rings (SSSR count). The summed E-state index contributed by atoms with van der Waals surface area (Å²) in [5.74, 6) is -2.11. The van der Waals surface area contributed by atoms with E-state index in [2.05, 4.69) is 4.74 Å². The first-order chi connectivity index (χ1) is 7.48. The number of carbonyl (C=O) groups is 1. The van der Waals surface area contributed by atoms with E-state index in [1.165, 1.54) is 12.8 Å². The Labute approximate surface area is 92.9 Å². The number of hydrogen-bond acceptors (Lipinski definition) is 3. The third kappa shape index (κ3) is 8.52. The minimum atomic E-state index is -4.85. The van der Waals surface area contributed by atoms with E-state index in [9.17, 15) is 18.0 Å². The summed E-state index contributed by atoms with van der Waals surface area (Å²) in [6, 6.07) is 0. The average molecular weight is 242 g/mol. The smallest absolute Gasteiger partial charge is 0.459 e. The predicted molar refractivity (Wildman–Crippen MR) is 52.0 cm³/mol. The molecule has 96 valence electrons. The van der Waals surface area contributed by atoms with Gasteiger partial charge in [-0.25, -0.2) is 4.79 Å². The van der Waals surface area contributed by atoms with Gasteiger partial charge in [-0.1, -0.05) is 13.3 Å². The Morgan fingerprint density at radius 3 is 2.19 bits per heavy atom. The van der Waals surface area contributed by atoms with Gasteiger partial charge in [0.2, 0.25) is 0 Å². The number of ether oxygens (including phenoxy) is 2. The molecule has 3 nitrogen and oxygen atoms in total. The van der Waals surface area contributed by atoms with E-state index in [1.54, 1.807) is 6.92 Å². The third-order valence-electron chi connectivity index (χ3n) is 1.79. The first-order valence-corrected chi connectivity index (χ1v) is 5.30. The van der Waals surface area contributed by atoms with Crippen LogP contribution in [0.1, 0.15) is 32.6 Å². The zero-order valence-corrected chi connectivity index (χ0v) is 9.31. The molecule has 0 aromatic heterocycles. The lowest BCUT2D eigenvalue weighted by Gasteiger charge is -2.05. The Balaban J connectivity index is 0.000000368. The van der Waals surface area contributed by atoms with Crippen LogP contribution >= 0.6 is 0 Å². The van der Waals surface area contributed by atoms with E-state index in [-0.39, 0.29) is 6.61 Å². The lowest BCUT2D eigenvalue weighted by atomic mass is 10.4. The van der Waals surface area contributed by atoms with E-state index in [0.717, 1.165) is 13.2 Å². The van der Waals surface area contributed by atoms with Gasteiger partial charge in [0.15, 0.2) is 0 Å². The maximum absolute atomic E-state index is 11.4. The molecule has 0 aromatic rings. The normalized spacial score (nSPS) is 15.2. The van der Waals surface area contributed by atoms with Crippen LogP contribution in [0.15, 0.2) is 0 Å². The van der Waals surface area contributed by atoms with Crippen molar-refractivity contribution in [3.8, 4) is 0 Å². The molecule has 1 aliphatic heterocycles. The van der Waals surface area contributed by atoms with Gasteiger partial charge >= 0.3 is 12.1 Å². The summed E-state index contributed by atoms with van der Waals surface area (Å²) >= 11 is 0. The van der Waals surface area contributed by atoms with Crippen LogP contribution < -0.4 is 0 Å². The Morgan fingerprint density at radius 1 is 1.31 bits per heavy atom. The summed E-state index contributed by atoms with van der Waals surface area (Å²) in [4.78, 5) is 9.99. The third-order valence-corrected chi connectivity index (χ3v) is 1.79.